The first-order valence-electron chi connectivity index (χ1n) is 10.6. The predicted molar refractivity (Wildman–Crippen MR) is 111 cm³/mol. The highest BCUT2D eigenvalue weighted by molar-refractivity contribution is 5.79. The Hall–Kier alpha value is -2.45. The van der Waals surface area contributed by atoms with Gasteiger partial charge in [0.2, 0.25) is 5.91 Å². The van der Waals surface area contributed by atoms with Gasteiger partial charge in [-0.05, 0) is 58.2 Å². The molecule has 1 unspecified atom stereocenters. The zero-order valence-corrected chi connectivity index (χ0v) is 18.2. The summed E-state index contributed by atoms with van der Waals surface area (Å²) in [6.45, 7) is 7.48. The van der Waals surface area contributed by atoms with Gasteiger partial charge in [-0.25, -0.2) is 4.79 Å². The van der Waals surface area contributed by atoms with Crippen molar-refractivity contribution in [2.24, 2.45) is 5.92 Å². The molecule has 9 heteroatoms. The molecule has 2 aliphatic heterocycles. The second-order valence-electron chi connectivity index (χ2n) is 9.23. The first kappa shape index (κ1) is 23.2. The van der Waals surface area contributed by atoms with Crippen molar-refractivity contribution in [2.45, 2.75) is 57.9 Å². The number of amides is 2. The van der Waals surface area contributed by atoms with E-state index < -0.39 is 23.4 Å². The number of carbonyl (C=O) groups excluding carboxylic acids is 2. The third-order valence-electron chi connectivity index (χ3n) is 5.60. The van der Waals surface area contributed by atoms with Crippen molar-refractivity contribution in [3.63, 3.8) is 0 Å². The van der Waals surface area contributed by atoms with Gasteiger partial charge in [-0.3, -0.25) is 4.79 Å². The van der Waals surface area contributed by atoms with Crippen molar-refractivity contribution < 1.29 is 27.5 Å². The maximum absolute atomic E-state index is 13.0. The number of nitrogens with one attached hydrogen (secondary N) is 1. The molecule has 0 saturated carbocycles. The zero-order valence-electron chi connectivity index (χ0n) is 18.2. The Morgan fingerprint density at radius 3 is 2.35 bits per heavy atom. The van der Waals surface area contributed by atoms with Crippen molar-refractivity contribution in [1.29, 1.82) is 0 Å². The molecular formula is C22H30F3N3O3. The summed E-state index contributed by atoms with van der Waals surface area (Å²) in [4.78, 5) is 28.5. The Balaban J connectivity index is 1.49. The van der Waals surface area contributed by atoms with Gasteiger partial charge in [-0.2, -0.15) is 13.2 Å². The molecule has 2 heterocycles. The van der Waals surface area contributed by atoms with Gasteiger partial charge < -0.3 is 19.9 Å². The molecule has 6 nitrogen and oxygen atoms in total. The topological polar surface area (TPSA) is 61.9 Å². The normalized spacial score (nSPS) is 20.6. The maximum Gasteiger partial charge on any atom is 0.416 e. The second-order valence-corrected chi connectivity index (χ2v) is 9.23. The molecule has 31 heavy (non-hydrogen) atoms. The average molecular weight is 441 g/mol. The summed E-state index contributed by atoms with van der Waals surface area (Å²) in [6.07, 6.45) is -3.00. The summed E-state index contributed by atoms with van der Waals surface area (Å²) >= 11 is 0. The van der Waals surface area contributed by atoms with Crippen LogP contribution >= 0.6 is 0 Å². The van der Waals surface area contributed by atoms with E-state index in [0.717, 1.165) is 12.1 Å². The number of ether oxygens (including phenoxy) is 1. The van der Waals surface area contributed by atoms with Crippen LogP contribution < -0.4 is 10.2 Å². The standard InChI is InChI=1S/C22H30F3N3O3/c1-21(2,3)31-20(30)26-17-9-12-28(14-17)19(29)15-7-10-27(11-8-15)18-6-4-5-16(13-18)22(23,24)25/h4-6,13,15,17H,7-12,14H2,1-3H3,(H,26,30). The van der Waals surface area contributed by atoms with Gasteiger partial charge in [-0.15, -0.1) is 0 Å². The molecule has 1 aromatic carbocycles. The lowest BCUT2D eigenvalue weighted by molar-refractivity contribution is -0.137. The number of alkyl carbamates (subject to hydrolysis) is 1. The van der Waals surface area contributed by atoms with E-state index in [1.807, 2.05) is 4.90 Å². The van der Waals surface area contributed by atoms with Crippen molar-refractivity contribution >= 4 is 17.7 Å². The van der Waals surface area contributed by atoms with Crippen molar-refractivity contribution in [3.05, 3.63) is 29.8 Å². The Labute approximate surface area is 180 Å². The number of hydrogen-bond donors (Lipinski definition) is 1. The van der Waals surface area contributed by atoms with Crippen LogP contribution in [0.15, 0.2) is 24.3 Å². The number of hydrogen-bond acceptors (Lipinski definition) is 4. The molecular weight excluding hydrogens is 411 g/mol. The van der Waals surface area contributed by atoms with E-state index in [2.05, 4.69) is 5.32 Å². The number of rotatable bonds is 3. The minimum absolute atomic E-state index is 0.0529. The summed E-state index contributed by atoms with van der Waals surface area (Å²) in [7, 11) is 0. The number of alkyl halides is 3. The van der Waals surface area contributed by atoms with Crippen LogP contribution in [0.3, 0.4) is 0 Å². The molecule has 1 atom stereocenters. The fourth-order valence-electron chi connectivity index (χ4n) is 4.07. The molecule has 3 rings (SSSR count). The lowest BCUT2D eigenvalue weighted by Crippen LogP contribution is -2.44. The van der Waals surface area contributed by atoms with Gasteiger partial charge >= 0.3 is 12.3 Å². The average Bonchev–Trinajstić information content (AvgIpc) is 3.14. The summed E-state index contributed by atoms with van der Waals surface area (Å²) in [5.41, 5.74) is -0.710. The van der Waals surface area contributed by atoms with E-state index in [-0.39, 0.29) is 17.9 Å². The number of anilines is 1. The highest BCUT2D eigenvalue weighted by atomic mass is 19.4. The monoisotopic (exact) mass is 441 g/mol. The molecule has 2 amide bonds. The first-order chi connectivity index (χ1) is 14.4. The van der Waals surface area contributed by atoms with Gasteiger partial charge in [-0.1, -0.05) is 6.07 Å². The van der Waals surface area contributed by atoms with Gasteiger partial charge in [0.15, 0.2) is 0 Å². The minimum Gasteiger partial charge on any atom is -0.444 e. The summed E-state index contributed by atoms with van der Waals surface area (Å²) in [6, 6.07) is 5.18. The first-order valence-corrected chi connectivity index (χ1v) is 10.6. The highest BCUT2D eigenvalue weighted by Gasteiger charge is 2.35. The maximum atomic E-state index is 13.0. The van der Waals surface area contributed by atoms with Crippen LogP contribution in [0.25, 0.3) is 0 Å². The van der Waals surface area contributed by atoms with Crippen molar-refractivity contribution in [3.8, 4) is 0 Å². The number of carbonyl (C=O) groups is 2. The largest absolute Gasteiger partial charge is 0.444 e. The lowest BCUT2D eigenvalue weighted by Gasteiger charge is -2.34. The number of halogens is 3. The summed E-state index contributed by atoms with van der Waals surface area (Å²) in [5, 5.41) is 2.81. The molecule has 2 aliphatic rings. The van der Waals surface area contributed by atoms with E-state index in [9.17, 15) is 22.8 Å². The van der Waals surface area contributed by atoms with Crippen LogP contribution in [0.1, 0.15) is 45.6 Å². The summed E-state index contributed by atoms with van der Waals surface area (Å²) < 4.78 is 44.2. The molecule has 0 aliphatic carbocycles. The third kappa shape index (κ3) is 6.27. The Morgan fingerprint density at radius 2 is 1.74 bits per heavy atom. The highest BCUT2D eigenvalue weighted by Crippen LogP contribution is 2.33. The SMILES string of the molecule is CC(C)(C)OC(=O)NC1CCN(C(=O)C2CCN(c3cccc(C(F)(F)F)c3)CC2)C1. The van der Waals surface area contributed by atoms with Crippen LogP contribution in [0.4, 0.5) is 23.7 Å². The van der Waals surface area contributed by atoms with E-state index in [4.69, 9.17) is 4.74 Å². The van der Waals surface area contributed by atoms with Crippen LogP contribution in [0, 0.1) is 5.92 Å². The van der Waals surface area contributed by atoms with Gasteiger partial charge in [0.05, 0.1) is 11.6 Å². The van der Waals surface area contributed by atoms with E-state index in [0.29, 0.717) is 51.1 Å². The Morgan fingerprint density at radius 1 is 1.06 bits per heavy atom. The third-order valence-corrected chi connectivity index (χ3v) is 5.60. The van der Waals surface area contributed by atoms with E-state index in [1.165, 1.54) is 6.07 Å². The fraction of sp³-hybridized carbons (Fsp3) is 0.636. The predicted octanol–water partition coefficient (Wildman–Crippen LogP) is 4.05. The smallest absolute Gasteiger partial charge is 0.416 e. The summed E-state index contributed by atoms with van der Waals surface area (Å²) in [5.74, 6) is -0.0977. The molecule has 172 valence electrons. The van der Waals surface area contributed by atoms with Crippen molar-refractivity contribution in [2.75, 3.05) is 31.1 Å². The van der Waals surface area contributed by atoms with Crippen LogP contribution in [0.2, 0.25) is 0 Å². The lowest BCUT2D eigenvalue weighted by atomic mass is 9.95. The fourth-order valence-corrected chi connectivity index (χ4v) is 4.07. The number of benzene rings is 1. The molecule has 1 aromatic rings. The van der Waals surface area contributed by atoms with E-state index in [1.54, 1.807) is 31.7 Å². The van der Waals surface area contributed by atoms with Crippen molar-refractivity contribution in [1.82, 2.24) is 10.2 Å². The minimum atomic E-state index is -4.37. The second kappa shape index (κ2) is 8.96. The molecule has 0 spiro atoms. The quantitative estimate of drug-likeness (QED) is 0.769. The molecule has 0 bridgehead atoms. The Kier molecular flexibility index (Phi) is 6.71. The van der Waals surface area contributed by atoms with Gasteiger partial charge in [0, 0.05) is 37.8 Å². The van der Waals surface area contributed by atoms with Crippen LogP contribution in [-0.4, -0.2) is 54.7 Å². The number of likely N-dealkylation sites (tertiary alicyclic amines) is 1. The van der Waals surface area contributed by atoms with Crippen LogP contribution in [-0.2, 0) is 15.7 Å². The van der Waals surface area contributed by atoms with E-state index >= 15 is 0 Å². The number of piperidine rings is 1. The molecule has 0 radical (unpaired) electrons. The van der Waals surface area contributed by atoms with Gasteiger partial charge in [0.25, 0.3) is 0 Å². The molecule has 0 aromatic heterocycles. The number of nitrogens with zero attached hydrogens (tertiary/aromatic N) is 2. The van der Waals surface area contributed by atoms with Crippen LogP contribution in [0.5, 0.6) is 0 Å². The molecule has 2 fully saturated rings. The zero-order chi connectivity index (χ0) is 22.8. The van der Waals surface area contributed by atoms with Gasteiger partial charge in [0.1, 0.15) is 5.60 Å². The Bertz CT molecular complexity index is 799. The molecule has 2 saturated heterocycles. The molecule has 1 N–H and O–H groups in total.